The highest BCUT2D eigenvalue weighted by molar-refractivity contribution is 5.79. The quantitative estimate of drug-likeness (QED) is 0.542. The highest BCUT2D eigenvalue weighted by Crippen LogP contribution is 2.24. The lowest BCUT2D eigenvalue weighted by Crippen LogP contribution is -1.79. The van der Waals surface area contributed by atoms with E-state index in [0.29, 0.717) is 0 Å². The van der Waals surface area contributed by atoms with Gasteiger partial charge in [-0.15, -0.1) is 0 Å². The molecular formula is C16H13O+. The summed E-state index contributed by atoms with van der Waals surface area (Å²) in [5.41, 5.74) is 3.28. The fourth-order valence-electron chi connectivity index (χ4n) is 1.97. The van der Waals surface area contributed by atoms with Crippen molar-refractivity contribution in [3.8, 4) is 11.3 Å². The van der Waals surface area contributed by atoms with Crippen LogP contribution in [0.2, 0.25) is 0 Å². The van der Waals surface area contributed by atoms with E-state index in [1.54, 1.807) is 0 Å². The maximum absolute atomic E-state index is 5.90. The highest BCUT2D eigenvalue weighted by Gasteiger charge is 2.13. The van der Waals surface area contributed by atoms with Gasteiger partial charge in [0.2, 0.25) is 0 Å². The van der Waals surface area contributed by atoms with Crippen LogP contribution in [0, 0.1) is 6.92 Å². The second kappa shape index (κ2) is 4.02. The van der Waals surface area contributed by atoms with Crippen LogP contribution in [0.3, 0.4) is 0 Å². The maximum Gasteiger partial charge on any atom is 0.360 e. The van der Waals surface area contributed by atoms with Crippen molar-refractivity contribution in [3.63, 3.8) is 0 Å². The summed E-state index contributed by atoms with van der Waals surface area (Å²) in [6, 6.07) is 20.5. The Morgan fingerprint density at radius 3 is 2.47 bits per heavy atom. The third-order valence-corrected chi connectivity index (χ3v) is 2.86. The number of aryl methyl sites for hydroxylation is 1. The molecule has 0 saturated carbocycles. The Labute approximate surface area is 100 Å². The van der Waals surface area contributed by atoms with E-state index in [0.717, 1.165) is 22.3 Å². The molecule has 0 saturated heterocycles. The third-order valence-electron chi connectivity index (χ3n) is 2.86. The first-order valence-electron chi connectivity index (χ1n) is 5.72. The van der Waals surface area contributed by atoms with E-state index in [1.807, 2.05) is 30.3 Å². The molecule has 1 heteroatoms. The summed E-state index contributed by atoms with van der Waals surface area (Å²) < 4.78 is 5.90. The van der Waals surface area contributed by atoms with E-state index < -0.39 is 0 Å². The second-order valence-corrected chi connectivity index (χ2v) is 4.21. The molecule has 2 aromatic carbocycles. The lowest BCUT2D eigenvalue weighted by molar-refractivity contribution is 0.620. The van der Waals surface area contributed by atoms with Gasteiger partial charge in [0.25, 0.3) is 0 Å². The van der Waals surface area contributed by atoms with Gasteiger partial charge in [-0.3, -0.25) is 0 Å². The highest BCUT2D eigenvalue weighted by atomic mass is 16.3. The van der Waals surface area contributed by atoms with Crippen molar-refractivity contribution in [2.24, 2.45) is 0 Å². The molecule has 0 amide bonds. The zero-order valence-electron chi connectivity index (χ0n) is 9.68. The molecule has 0 radical (unpaired) electrons. The summed E-state index contributed by atoms with van der Waals surface area (Å²) in [6.45, 7) is 2.09. The van der Waals surface area contributed by atoms with Crippen LogP contribution in [0.15, 0.2) is 65.1 Å². The molecule has 1 heterocycles. The van der Waals surface area contributed by atoms with E-state index in [4.69, 9.17) is 4.42 Å². The standard InChI is InChI=1S/C16H13O/c1-12-7-9-16-14(11-12)8-10-15(17-16)13-5-3-2-4-6-13/h2-11H,1H3/q+1. The van der Waals surface area contributed by atoms with Gasteiger partial charge < -0.3 is 0 Å². The number of fused-ring (bicyclic) bond motifs is 1. The monoisotopic (exact) mass is 221 g/mol. The van der Waals surface area contributed by atoms with E-state index in [1.165, 1.54) is 5.56 Å². The van der Waals surface area contributed by atoms with Gasteiger partial charge in [-0.05, 0) is 42.8 Å². The molecule has 0 aliphatic heterocycles. The minimum atomic E-state index is 0.905. The summed E-state index contributed by atoms with van der Waals surface area (Å²) in [5.74, 6) is 0.905. The summed E-state index contributed by atoms with van der Waals surface area (Å²) >= 11 is 0. The van der Waals surface area contributed by atoms with Gasteiger partial charge in [0.1, 0.15) is 0 Å². The van der Waals surface area contributed by atoms with Crippen LogP contribution in [0.4, 0.5) is 0 Å². The molecule has 0 N–H and O–H groups in total. The SMILES string of the molecule is Cc1ccc2[o+]c(-c3ccccc3)ccc2c1. The predicted octanol–water partition coefficient (Wildman–Crippen LogP) is 4.69. The van der Waals surface area contributed by atoms with Crippen LogP contribution in [-0.2, 0) is 0 Å². The average molecular weight is 221 g/mol. The van der Waals surface area contributed by atoms with E-state index >= 15 is 0 Å². The average Bonchev–Trinajstić information content (AvgIpc) is 2.39. The van der Waals surface area contributed by atoms with Gasteiger partial charge >= 0.3 is 11.3 Å². The first-order chi connectivity index (χ1) is 8.33. The predicted molar refractivity (Wildman–Crippen MR) is 70.8 cm³/mol. The summed E-state index contributed by atoms with van der Waals surface area (Å²) in [5, 5.41) is 1.14. The molecule has 1 aromatic heterocycles. The molecular weight excluding hydrogens is 208 g/mol. The first kappa shape index (κ1) is 10.0. The minimum absolute atomic E-state index is 0.905. The Bertz CT molecular complexity index is 657. The van der Waals surface area contributed by atoms with Crippen molar-refractivity contribution < 1.29 is 4.42 Å². The number of hydrogen-bond acceptors (Lipinski definition) is 0. The first-order valence-corrected chi connectivity index (χ1v) is 5.72. The van der Waals surface area contributed by atoms with Gasteiger partial charge in [-0.25, -0.2) is 4.42 Å². The Hall–Kier alpha value is -2.15. The van der Waals surface area contributed by atoms with E-state index in [-0.39, 0.29) is 0 Å². The molecule has 0 atom stereocenters. The van der Waals surface area contributed by atoms with E-state index in [2.05, 4.69) is 37.3 Å². The normalized spacial score (nSPS) is 10.6. The number of hydrogen-bond donors (Lipinski definition) is 0. The zero-order valence-corrected chi connectivity index (χ0v) is 9.68. The van der Waals surface area contributed by atoms with Crippen LogP contribution in [0.1, 0.15) is 5.56 Å². The summed E-state index contributed by atoms with van der Waals surface area (Å²) in [7, 11) is 0. The molecule has 3 aromatic rings. The van der Waals surface area contributed by atoms with Crippen molar-refractivity contribution in [3.05, 3.63) is 66.2 Å². The Morgan fingerprint density at radius 2 is 1.65 bits per heavy atom. The van der Waals surface area contributed by atoms with Crippen molar-refractivity contribution in [1.82, 2.24) is 0 Å². The Kier molecular flexibility index (Phi) is 2.37. The van der Waals surface area contributed by atoms with Gasteiger partial charge in [-0.1, -0.05) is 18.2 Å². The van der Waals surface area contributed by atoms with Gasteiger partial charge in [0.15, 0.2) is 0 Å². The van der Waals surface area contributed by atoms with E-state index in [9.17, 15) is 0 Å². The molecule has 1 nitrogen and oxygen atoms in total. The second-order valence-electron chi connectivity index (χ2n) is 4.21. The molecule has 3 rings (SSSR count). The van der Waals surface area contributed by atoms with Gasteiger partial charge in [0.05, 0.1) is 10.9 Å². The van der Waals surface area contributed by atoms with Crippen LogP contribution < -0.4 is 0 Å². The molecule has 17 heavy (non-hydrogen) atoms. The molecule has 82 valence electrons. The van der Waals surface area contributed by atoms with Gasteiger partial charge in [0, 0.05) is 12.1 Å². The number of rotatable bonds is 1. The lowest BCUT2D eigenvalue weighted by Gasteiger charge is -1.94. The molecule has 0 spiro atoms. The van der Waals surface area contributed by atoms with Crippen LogP contribution in [-0.4, -0.2) is 0 Å². The maximum atomic E-state index is 5.90. The van der Waals surface area contributed by atoms with Crippen molar-refractivity contribution in [2.75, 3.05) is 0 Å². The van der Waals surface area contributed by atoms with Crippen molar-refractivity contribution >= 4 is 11.0 Å². The molecule has 0 unspecified atom stereocenters. The fourth-order valence-corrected chi connectivity index (χ4v) is 1.97. The fraction of sp³-hybridized carbons (Fsp3) is 0.0625. The third kappa shape index (κ3) is 1.92. The van der Waals surface area contributed by atoms with Crippen molar-refractivity contribution in [2.45, 2.75) is 6.92 Å². The van der Waals surface area contributed by atoms with Crippen LogP contribution in [0.5, 0.6) is 0 Å². The molecule has 0 aliphatic rings. The Balaban J connectivity index is 2.17. The molecule has 0 bridgehead atoms. The van der Waals surface area contributed by atoms with Gasteiger partial charge in [-0.2, -0.15) is 0 Å². The topological polar surface area (TPSA) is 11.3 Å². The van der Waals surface area contributed by atoms with Crippen LogP contribution in [0.25, 0.3) is 22.3 Å². The zero-order chi connectivity index (χ0) is 11.7. The summed E-state index contributed by atoms with van der Waals surface area (Å²) in [6.07, 6.45) is 0. The minimum Gasteiger partial charge on any atom is -0.207 e. The smallest absolute Gasteiger partial charge is 0.207 e. The van der Waals surface area contributed by atoms with Crippen molar-refractivity contribution in [1.29, 1.82) is 0 Å². The Morgan fingerprint density at radius 1 is 0.824 bits per heavy atom. The molecule has 0 aliphatic carbocycles. The summed E-state index contributed by atoms with van der Waals surface area (Å²) in [4.78, 5) is 0. The largest absolute Gasteiger partial charge is 0.360 e. The number of benzene rings is 2. The lowest BCUT2D eigenvalue weighted by atomic mass is 10.1. The van der Waals surface area contributed by atoms with Crippen LogP contribution >= 0.6 is 0 Å². The molecule has 0 fully saturated rings.